The van der Waals surface area contributed by atoms with Crippen molar-refractivity contribution in [1.82, 2.24) is 10.2 Å². The van der Waals surface area contributed by atoms with Gasteiger partial charge in [-0.25, -0.2) is 0 Å². The van der Waals surface area contributed by atoms with Crippen LogP contribution >= 0.6 is 0 Å². The first-order chi connectivity index (χ1) is 13.7. The Bertz CT molecular complexity index is 802. The van der Waals surface area contributed by atoms with E-state index in [1.165, 1.54) is 35.1 Å². The molecule has 0 aromatic heterocycles. The van der Waals surface area contributed by atoms with Crippen molar-refractivity contribution in [3.8, 4) is 11.1 Å². The lowest BCUT2D eigenvalue weighted by molar-refractivity contribution is -0.125. The summed E-state index contributed by atoms with van der Waals surface area (Å²) in [6.45, 7) is 5.25. The van der Waals surface area contributed by atoms with E-state index >= 15 is 0 Å². The number of carbonyl (C=O) groups is 1. The van der Waals surface area contributed by atoms with Crippen LogP contribution in [0.1, 0.15) is 49.7 Å². The summed E-state index contributed by atoms with van der Waals surface area (Å²) in [6.07, 6.45) is 6.74. The Hall–Kier alpha value is -2.13. The number of hydrogen-bond donors (Lipinski definition) is 1. The van der Waals surface area contributed by atoms with Crippen LogP contribution in [-0.2, 0) is 11.3 Å². The molecule has 3 nitrogen and oxygen atoms in total. The molecule has 3 heteroatoms. The molecular formula is C25H32N2O. The molecule has 0 atom stereocenters. The fraction of sp³-hybridized carbons (Fsp3) is 0.480. The van der Waals surface area contributed by atoms with Gasteiger partial charge >= 0.3 is 0 Å². The SMILES string of the molecule is Cc1cccc(-c2cccc(CN3CCC(NC(=O)C4CCCC4)CC3)c2)c1. The van der Waals surface area contributed by atoms with Crippen LogP contribution in [0.15, 0.2) is 48.5 Å². The van der Waals surface area contributed by atoms with Gasteiger partial charge in [-0.2, -0.15) is 0 Å². The predicted molar refractivity (Wildman–Crippen MR) is 115 cm³/mol. The summed E-state index contributed by atoms with van der Waals surface area (Å²) in [6, 6.07) is 18.0. The average Bonchev–Trinajstić information content (AvgIpc) is 3.25. The van der Waals surface area contributed by atoms with Crippen molar-refractivity contribution in [2.45, 2.75) is 58.0 Å². The summed E-state index contributed by atoms with van der Waals surface area (Å²) in [5.41, 5.74) is 5.24. The van der Waals surface area contributed by atoms with Crippen molar-refractivity contribution in [2.75, 3.05) is 13.1 Å². The van der Waals surface area contributed by atoms with Gasteiger partial charge in [-0.15, -0.1) is 0 Å². The molecule has 1 N–H and O–H groups in total. The van der Waals surface area contributed by atoms with Crippen LogP contribution in [0.4, 0.5) is 0 Å². The topological polar surface area (TPSA) is 32.3 Å². The lowest BCUT2D eigenvalue weighted by Gasteiger charge is -2.33. The highest BCUT2D eigenvalue weighted by Gasteiger charge is 2.26. The molecular weight excluding hydrogens is 344 g/mol. The van der Waals surface area contributed by atoms with E-state index in [0.29, 0.717) is 11.9 Å². The first-order valence-corrected chi connectivity index (χ1v) is 10.9. The smallest absolute Gasteiger partial charge is 0.223 e. The van der Waals surface area contributed by atoms with E-state index in [2.05, 4.69) is 65.7 Å². The lowest BCUT2D eigenvalue weighted by atomic mass is 9.99. The number of nitrogens with one attached hydrogen (secondary N) is 1. The Balaban J connectivity index is 1.30. The van der Waals surface area contributed by atoms with Gasteiger partial charge in [-0.1, -0.05) is 60.9 Å². The zero-order valence-electron chi connectivity index (χ0n) is 17.0. The van der Waals surface area contributed by atoms with E-state index in [0.717, 1.165) is 45.3 Å². The van der Waals surface area contributed by atoms with Crippen LogP contribution in [0, 0.1) is 12.8 Å². The highest BCUT2D eigenvalue weighted by atomic mass is 16.1. The third-order valence-corrected chi connectivity index (χ3v) is 6.34. The first-order valence-electron chi connectivity index (χ1n) is 10.9. The van der Waals surface area contributed by atoms with Gasteiger partial charge in [-0.3, -0.25) is 9.69 Å². The minimum Gasteiger partial charge on any atom is -0.353 e. The third kappa shape index (κ3) is 4.82. The van der Waals surface area contributed by atoms with E-state index < -0.39 is 0 Å². The number of rotatable bonds is 5. The van der Waals surface area contributed by atoms with E-state index in [-0.39, 0.29) is 5.92 Å². The molecule has 4 rings (SSSR count). The Morgan fingerprint density at radius 1 is 0.964 bits per heavy atom. The molecule has 2 aliphatic rings. The zero-order valence-corrected chi connectivity index (χ0v) is 17.0. The molecule has 1 saturated carbocycles. The van der Waals surface area contributed by atoms with Crippen LogP contribution < -0.4 is 5.32 Å². The highest BCUT2D eigenvalue weighted by Crippen LogP contribution is 2.26. The Morgan fingerprint density at radius 2 is 1.64 bits per heavy atom. The standard InChI is InChI=1S/C25H32N2O/c1-19-6-4-10-22(16-19)23-11-5-7-20(17-23)18-27-14-12-24(13-15-27)26-25(28)21-8-2-3-9-21/h4-7,10-11,16-17,21,24H,2-3,8-9,12-15,18H2,1H3,(H,26,28). The van der Waals surface area contributed by atoms with Crippen molar-refractivity contribution in [3.05, 3.63) is 59.7 Å². The fourth-order valence-corrected chi connectivity index (χ4v) is 4.67. The first kappa shape index (κ1) is 19.2. The fourth-order valence-electron chi connectivity index (χ4n) is 4.67. The van der Waals surface area contributed by atoms with Crippen LogP contribution in [0.25, 0.3) is 11.1 Å². The van der Waals surface area contributed by atoms with Gasteiger partial charge in [0, 0.05) is 31.6 Å². The van der Waals surface area contributed by atoms with E-state index in [1.807, 2.05) is 0 Å². The maximum absolute atomic E-state index is 12.4. The molecule has 0 unspecified atom stereocenters. The molecule has 2 aromatic carbocycles. The van der Waals surface area contributed by atoms with Crippen molar-refractivity contribution in [3.63, 3.8) is 0 Å². The average molecular weight is 377 g/mol. The number of hydrogen-bond acceptors (Lipinski definition) is 2. The quantitative estimate of drug-likeness (QED) is 0.802. The van der Waals surface area contributed by atoms with Gasteiger partial charge in [-0.05, 0) is 55.4 Å². The molecule has 0 radical (unpaired) electrons. The van der Waals surface area contributed by atoms with Gasteiger partial charge in [0.2, 0.25) is 5.91 Å². The summed E-state index contributed by atoms with van der Waals surface area (Å²) in [5, 5.41) is 3.32. The Kier molecular flexibility index (Phi) is 6.11. The highest BCUT2D eigenvalue weighted by molar-refractivity contribution is 5.79. The maximum atomic E-state index is 12.4. The number of carbonyl (C=O) groups excluding carboxylic acids is 1. The van der Waals surface area contributed by atoms with Crippen molar-refractivity contribution in [2.24, 2.45) is 5.92 Å². The normalized spacial score (nSPS) is 19.0. The number of piperidine rings is 1. The van der Waals surface area contributed by atoms with Crippen molar-refractivity contribution >= 4 is 5.91 Å². The maximum Gasteiger partial charge on any atom is 0.223 e. The van der Waals surface area contributed by atoms with Crippen molar-refractivity contribution < 1.29 is 4.79 Å². The molecule has 28 heavy (non-hydrogen) atoms. The van der Waals surface area contributed by atoms with Gasteiger partial charge < -0.3 is 5.32 Å². The van der Waals surface area contributed by atoms with Crippen LogP contribution in [0.3, 0.4) is 0 Å². The molecule has 0 spiro atoms. The summed E-state index contributed by atoms with van der Waals surface area (Å²) in [4.78, 5) is 14.9. The zero-order chi connectivity index (χ0) is 19.3. The summed E-state index contributed by atoms with van der Waals surface area (Å²) in [5.74, 6) is 0.587. The van der Waals surface area contributed by atoms with Gasteiger partial charge in [0.15, 0.2) is 0 Å². The molecule has 1 aliphatic heterocycles. The number of nitrogens with zero attached hydrogens (tertiary/aromatic N) is 1. The number of likely N-dealkylation sites (tertiary alicyclic amines) is 1. The van der Waals surface area contributed by atoms with Crippen LogP contribution in [0.2, 0.25) is 0 Å². The molecule has 148 valence electrons. The second kappa shape index (κ2) is 8.91. The molecule has 2 aromatic rings. The molecule has 1 heterocycles. The molecule has 1 saturated heterocycles. The number of aryl methyl sites for hydroxylation is 1. The molecule has 1 aliphatic carbocycles. The second-order valence-electron chi connectivity index (χ2n) is 8.61. The number of amides is 1. The summed E-state index contributed by atoms with van der Waals surface area (Å²) in [7, 11) is 0. The molecule has 0 bridgehead atoms. The largest absolute Gasteiger partial charge is 0.353 e. The Labute approximate surface area is 169 Å². The van der Waals surface area contributed by atoms with E-state index in [9.17, 15) is 4.79 Å². The monoisotopic (exact) mass is 376 g/mol. The predicted octanol–water partition coefficient (Wildman–Crippen LogP) is 4.93. The summed E-state index contributed by atoms with van der Waals surface area (Å²) < 4.78 is 0. The van der Waals surface area contributed by atoms with Gasteiger partial charge in [0.1, 0.15) is 0 Å². The second-order valence-corrected chi connectivity index (χ2v) is 8.61. The van der Waals surface area contributed by atoms with E-state index in [4.69, 9.17) is 0 Å². The van der Waals surface area contributed by atoms with Crippen molar-refractivity contribution in [1.29, 1.82) is 0 Å². The lowest BCUT2D eigenvalue weighted by Crippen LogP contribution is -2.45. The molecule has 2 fully saturated rings. The van der Waals surface area contributed by atoms with Crippen LogP contribution in [-0.4, -0.2) is 29.9 Å². The number of benzene rings is 2. The van der Waals surface area contributed by atoms with Crippen LogP contribution in [0.5, 0.6) is 0 Å². The Morgan fingerprint density at radius 3 is 2.36 bits per heavy atom. The third-order valence-electron chi connectivity index (χ3n) is 6.34. The summed E-state index contributed by atoms with van der Waals surface area (Å²) >= 11 is 0. The van der Waals surface area contributed by atoms with Gasteiger partial charge in [0.25, 0.3) is 0 Å². The van der Waals surface area contributed by atoms with E-state index in [1.54, 1.807) is 0 Å². The minimum absolute atomic E-state index is 0.280. The van der Waals surface area contributed by atoms with Gasteiger partial charge in [0.05, 0.1) is 0 Å². The molecule has 1 amide bonds. The minimum atomic E-state index is 0.280.